The fourth-order valence-electron chi connectivity index (χ4n) is 1.39. The van der Waals surface area contributed by atoms with Gasteiger partial charge in [0.1, 0.15) is 6.10 Å². The lowest BCUT2D eigenvalue weighted by Gasteiger charge is -2.22. The number of rotatable bonds is 1. The van der Waals surface area contributed by atoms with Crippen molar-refractivity contribution < 1.29 is 9.47 Å². The topological polar surface area (TPSA) is 21.8 Å². The maximum Gasteiger partial charge on any atom is 0.108 e. The van der Waals surface area contributed by atoms with E-state index in [1.54, 1.807) is 0 Å². The van der Waals surface area contributed by atoms with E-state index in [2.05, 4.69) is 19.1 Å². The van der Waals surface area contributed by atoms with Crippen molar-refractivity contribution in [2.24, 2.45) is 5.92 Å². The second-order valence-electron chi connectivity index (χ2n) is 2.96. The van der Waals surface area contributed by atoms with Crippen LogP contribution >= 0.6 is 0 Å². The van der Waals surface area contributed by atoms with Gasteiger partial charge in [0.05, 0.1) is 19.3 Å². The average molecular weight is 140 g/mol. The van der Waals surface area contributed by atoms with E-state index >= 15 is 0 Å². The van der Waals surface area contributed by atoms with Gasteiger partial charge in [-0.3, -0.25) is 0 Å². The quantitative estimate of drug-likeness (QED) is 0.400. The normalized spacial score (nSPS) is 45.5. The predicted octanol–water partition coefficient (Wildman–Crippen LogP) is 0.976. The van der Waals surface area contributed by atoms with Crippen LogP contribution in [0.3, 0.4) is 0 Å². The summed E-state index contributed by atoms with van der Waals surface area (Å²) in [5.74, 6) is 0.529. The molecule has 0 aromatic carbocycles. The van der Waals surface area contributed by atoms with Crippen molar-refractivity contribution in [1.82, 2.24) is 0 Å². The second-order valence-corrected chi connectivity index (χ2v) is 2.96. The number of epoxide rings is 1. The van der Waals surface area contributed by atoms with Gasteiger partial charge >= 0.3 is 0 Å². The molecule has 0 aliphatic carbocycles. The first-order chi connectivity index (χ1) is 4.88. The minimum absolute atomic E-state index is 0.324. The molecule has 0 saturated carbocycles. The van der Waals surface area contributed by atoms with Gasteiger partial charge in [0, 0.05) is 5.92 Å². The van der Waals surface area contributed by atoms with Gasteiger partial charge in [-0.05, 0) is 0 Å². The highest BCUT2D eigenvalue weighted by molar-refractivity contribution is 4.99. The molecular formula is C8H12O2. The van der Waals surface area contributed by atoms with Crippen LogP contribution in [0.15, 0.2) is 12.2 Å². The van der Waals surface area contributed by atoms with Gasteiger partial charge in [0.15, 0.2) is 0 Å². The highest BCUT2D eigenvalue weighted by atomic mass is 16.6. The lowest BCUT2D eigenvalue weighted by Crippen LogP contribution is -2.29. The van der Waals surface area contributed by atoms with Crippen LogP contribution in [0, 0.1) is 5.92 Å². The van der Waals surface area contributed by atoms with Crippen molar-refractivity contribution in [1.29, 1.82) is 0 Å². The summed E-state index contributed by atoms with van der Waals surface area (Å²) in [4.78, 5) is 0. The van der Waals surface area contributed by atoms with Gasteiger partial charge in [-0.15, -0.1) is 0 Å². The second kappa shape index (κ2) is 2.36. The zero-order valence-corrected chi connectivity index (χ0v) is 6.12. The Labute approximate surface area is 60.8 Å². The van der Waals surface area contributed by atoms with E-state index < -0.39 is 0 Å². The molecule has 0 N–H and O–H groups in total. The van der Waals surface area contributed by atoms with Crippen LogP contribution in [-0.4, -0.2) is 25.4 Å². The Hall–Kier alpha value is -0.340. The predicted molar refractivity (Wildman–Crippen MR) is 37.8 cm³/mol. The van der Waals surface area contributed by atoms with Crippen LogP contribution in [0.5, 0.6) is 0 Å². The minimum Gasteiger partial charge on any atom is -0.371 e. The van der Waals surface area contributed by atoms with Crippen molar-refractivity contribution in [3.63, 3.8) is 0 Å². The van der Waals surface area contributed by atoms with Crippen LogP contribution < -0.4 is 0 Å². The Morgan fingerprint density at radius 1 is 1.40 bits per heavy atom. The van der Waals surface area contributed by atoms with E-state index in [0.29, 0.717) is 18.1 Å². The molecular weight excluding hydrogens is 128 g/mol. The molecule has 56 valence electrons. The third kappa shape index (κ3) is 1.09. The maximum atomic E-state index is 5.50. The Kier molecular flexibility index (Phi) is 1.51. The van der Waals surface area contributed by atoms with Crippen molar-refractivity contribution in [2.75, 3.05) is 13.2 Å². The SMILES string of the molecule is C[C@@H]1C=CCO[C@H]1[C@H]1CO1. The van der Waals surface area contributed by atoms with E-state index in [-0.39, 0.29) is 0 Å². The molecule has 3 atom stereocenters. The molecule has 10 heavy (non-hydrogen) atoms. The molecule has 0 amide bonds. The van der Waals surface area contributed by atoms with E-state index in [4.69, 9.17) is 9.47 Å². The maximum absolute atomic E-state index is 5.50. The van der Waals surface area contributed by atoms with Crippen molar-refractivity contribution in [3.8, 4) is 0 Å². The highest BCUT2D eigenvalue weighted by Crippen LogP contribution is 2.26. The summed E-state index contributed by atoms with van der Waals surface area (Å²) in [6, 6.07) is 0. The van der Waals surface area contributed by atoms with Gasteiger partial charge in [0.2, 0.25) is 0 Å². The van der Waals surface area contributed by atoms with E-state index in [9.17, 15) is 0 Å². The standard InChI is InChI=1S/C8H12O2/c1-6-3-2-4-9-8(6)7-5-10-7/h2-3,6-8H,4-5H2,1H3/t6-,7-,8-/m1/s1. The fourth-order valence-corrected chi connectivity index (χ4v) is 1.39. The number of hydrogen-bond acceptors (Lipinski definition) is 2. The van der Waals surface area contributed by atoms with Crippen LogP contribution in [-0.2, 0) is 9.47 Å². The Bertz CT molecular complexity index is 149. The van der Waals surface area contributed by atoms with E-state index in [0.717, 1.165) is 13.2 Å². The lowest BCUT2D eigenvalue weighted by atomic mass is 10.00. The van der Waals surface area contributed by atoms with Gasteiger partial charge in [0.25, 0.3) is 0 Å². The highest BCUT2D eigenvalue weighted by Gasteiger charge is 2.37. The minimum atomic E-state index is 0.324. The van der Waals surface area contributed by atoms with Gasteiger partial charge in [-0.1, -0.05) is 19.1 Å². The molecule has 0 unspecified atom stereocenters. The average Bonchev–Trinajstić information content (AvgIpc) is 2.71. The molecule has 2 rings (SSSR count). The third-order valence-electron chi connectivity index (χ3n) is 2.07. The summed E-state index contributed by atoms with van der Waals surface area (Å²) in [7, 11) is 0. The summed E-state index contributed by atoms with van der Waals surface area (Å²) in [6.07, 6.45) is 4.99. The monoisotopic (exact) mass is 140 g/mol. The third-order valence-corrected chi connectivity index (χ3v) is 2.07. The smallest absolute Gasteiger partial charge is 0.108 e. The van der Waals surface area contributed by atoms with Gasteiger partial charge < -0.3 is 9.47 Å². The molecule has 2 heterocycles. The van der Waals surface area contributed by atoms with Crippen molar-refractivity contribution in [3.05, 3.63) is 12.2 Å². The first kappa shape index (κ1) is 6.38. The molecule has 1 fully saturated rings. The molecule has 0 radical (unpaired) electrons. The zero-order valence-electron chi connectivity index (χ0n) is 6.12. The van der Waals surface area contributed by atoms with E-state index in [1.807, 2.05) is 0 Å². The van der Waals surface area contributed by atoms with Crippen LogP contribution in [0.4, 0.5) is 0 Å². The van der Waals surface area contributed by atoms with Crippen LogP contribution in [0.1, 0.15) is 6.92 Å². The summed E-state index contributed by atoms with van der Waals surface area (Å²) < 4.78 is 10.7. The number of ether oxygens (including phenoxy) is 2. The Morgan fingerprint density at radius 2 is 2.20 bits per heavy atom. The molecule has 2 nitrogen and oxygen atoms in total. The number of hydrogen-bond donors (Lipinski definition) is 0. The van der Waals surface area contributed by atoms with Crippen LogP contribution in [0.2, 0.25) is 0 Å². The molecule has 1 saturated heterocycles. The molecule has 0 spiro atoms. The first-order valence-electron chi connectivity index (χ1n) is 3.78. The van der Waals surface area contributed by atoms with E-state index in [1.165, 1.54) is 0 Å². The molecule has 2 aliphatic rings. The molecule has 0 aromatic rings. The molecule has 2 heteroatoms. The summed E-state index contributed by atoms with van der Waals surface area (Å²) in [5.41, 5.74) is 0. The molecule has 0 aromatic heterocycles. The Morgan fingerprint density at radius 3 is 2.80 bits per heavy atom. The largest absolute Gasteiger partial charge is 0.371 e. The van der Waals surface area contributed by atoms with Crippen molar-refractivity contribution in [2.45, 2.75) is 19.1 Å². The van der Waals surface area contributed by atoms with Gasteiger partial charge in [-0.2, -0.15) is 0 Å². The summed E-state index contributed by atoms with van der Waals surface area (Å²) in [6.45, 7) is 3.82. The summed E-state index contributed by atoms with van der Waals surface area (Å²) in [5, 5.41) is 0. The van der Waals surface area contributed by atoms with Gasteiger partial charge in [-0.25, -0.2) is 0 Å². The lowest BCUT2D eigenvalue weighted by molar-refractivity contribution is 0.0183. The van der Waals surface area contributed by atoms with Crippen molar-refractivity contribution >= 4 is 0 Å². The first-order valence-corrected chi connectivity index (χ1v) is 3.78. The Balaban J connectivity index is 1.99. The summed E-state index contributed by atoms with van der Waals surface area (Å²) >= 11 is 0. The molecule has 2 aliphatic heterocycles. The molecule has 0 bridgehead atoms. The van der Waals surface area contributed by atoms with Crippen LogP contribution in [0.25, 0.3) is 0 Å². The fraction of sp³-hybridized carbons (Fsp3) is 0.750. The zero-order chi connectivity index (χ0) is 6.97.